The van der Waals surface area contributed by atoms with E-state index in [2.05, 4.69) is 34.9 Å². The van der Waals surface area contributed by atoms with Crippen LogP contribution in [0.25, 0.3) is 22.5 Å². The molecule has 4 heteroatoms. The maximum atomic E-state index is 5.33. The van der Waals surface area contributed by atoms with Gasteiger partial charge in [-0.15, -0.1) is 0 Å². The van der Waals surface area contributed by atoms with Gasteiger partial charge in [0.05, 0.1) is 17.2 Å². The Hall–Kier alpha value is -2.10. The van der Waals surface area contributed by atoms with Crippen LogP contribution in [0.1, 0.15) is 24.7 Å². The van der Waals surface area contributed by atoms with Gasteiger partial charge in [-0.3, -0.25) is 0 Å². The number of oxazole rings is 1. The fourth-order valence-corrected chi connectivity index (χ4v) is 2.19. The lowest BCUT2D eigenvalue weighted by Crippen LogP contribution is -1.84. The largest absolute Gasteiger partial charge is 0.445 e. The highest BCUT2D eigenvalue weighted by molar-refractivity contribution is 5.83. The zero-order chi connectivity index (χ0) is 12.5. The molecule has 0 aliphatic carbocycles. The van der Waals surface area contributed by atoms with Crippen molar-refractivity contribution < 1.29 is 4.42 Å². The molecule has 0 radical (unpaired) electrons. The Morgan fingerprint density at radius 1 is 1.33 bits per heavy atom. The molecule has 0 unspecified atom stereocenters. The van der Waals surface area contributed by atoms with Crippen molar-refractivity contribution in [1.29, 1.82) is 0 Å². The summed E-state index contributed by atoms with van der Waals surface area (Å²) in [6.07, 6.45) is 5.31. The molecular weight excluding hydrogens is 226 g/mol. The third-order valence-electron chi connectivity index (χ3n) is 2.99. The van der Waals surface area contributed by atoms with Crippen molar-refractivity contribution in [2.24, 2.45) is 0 Å². The minimum absolute atomic E-state index is 0.645. The van der Waals surface area contributed by atoms with E-state index in [9.17, 15) is 0 Å². The predicted octanol–water partition coefficient (Wildman–Crippen LogP) is 3.48. The van der Waals surface area contributed by atoms with E-state index >= 15 is 0 Å². The lowest BCUT2D eigenvalue weighted by molar-refractivity contribution is 0.574. The number of aryl methyl sites for hydroxylation is 2. The standard InChI is InChI=1S/C14H15N3O/c1-3-4-12-16-11-8-10(14-15-5-6-18-14)7-9(2)13(11)17-12/h5-8H,3-4H2,1-2H3,(H,16,17). The monoisotopic (exact) mass is 241 g/mol. The summed E-state index contributed by atoms with van der Waals surface area (Å²) in [5, 5.41) is 0. The molecule has 3 aromatic rings. The Kier molecular flexibility index (Phi) is 2.63. The minimum Gasteiger partial charge on any atom is -0.445 e. The summed E-state index contributed by atoms with van der Waals surface area (Å²) < 4.78 is 5.33. The molecule has 0 spiro atoms. The first kappa shape index (κ1) is 11.0. The SMILES string of the molecule is CCCc1nc2c(C)cc(-c3ncco3)cc2[nH]1. The van der Waals surface area contributed by atoms with Crippen molar-refractivity contribution in [3.05, 3.63) is 36.0 Å². The van der Waals surface area contributed by atoms with Gasteiger partial charge in [0.2, 0.25) is 5.89 Å². The quantitative estimate of drug-likeness (QED) is 0.763. The van der Waals surface area contributed by atoms with Crippen LogP contribution in [0.4, 0.5) is 0 Å². The number of aromatic nitrogens is 3. The van der Waals surface area contributed by atoms with Crippen LogP contribution in [0.2, 0.25) is 0 Å². The van der Waals surface area contributed by atoms with Crippen molar-refractivity contribution >= 4 is 11.0 Å². The highest BCUT2D eigenvalue weighted by Crippen LogP contribution is 2.25. The molecule has 3 rings (SSSR count). The second kappa shape index (κ2) is 4.29. The molecule has 1 N–H and O–H groups in total. The number of hydrogen-bond donors (Lipinski definition) is 1. The number of imidazole rings is 1. The Bertz CT molecular complexity index is 668. The van der Waals surface area contributed by atoms with E-state index < -0.39 is 0 Å². The van der Waals surface area contributed by atoms with Crippen LogP contribution in [0.3, 0.4) is 0 Å². The van der Waals surface area contributed by atoms with Crippen molar-refractivity contribution in [2.45, 2.75) is 26.7 Å². The molecule has 0 fully saturated rings. The highest BCUT2D eigenvalue weighted by Gasteiger charge is 2.10. The average molecular weight is 241 g/mol. The maximum absolute atomic E-state index is 5.33. The first-order valence-electron chi connectivity index (χ1n) is 6.17. The van der Waals surface area contributed by atoms with Crippen molar-refractivity contribution in [3.63, 3.8) is 0 Å². The van der Waals surface area contributed by atoms with E-state index in [1.54, 1.807) is 12.5 Å². The third-order valence-corrected chi connectivity index (χ3v) is 2.99. The summed E-state index contributed by atoms with van der Waals surface area (Å²) in [6.45, 7) is 4.21. The molecule has 0 aliphatic rings. The van der Waals surface area contributed by atoms with E-state index in [1.165, 1.54) is 0 Å². The second-order valence-corrected chi connectivity index (χ2v) is 4.46. The van der Waals surface area contributed by atoms with Gasteiger partial charge in [0.25, 0.3) is 0 Å². The van der Waals surface area contributed by atoms with Gasteiger partial charge in [-0.1, -0.05) is 6.92 Å². The molecule has 0 saturated heterocycles. The molecule has 2 aromatic heterocycles. The lowest BCUT2D eigenvalue weighted by atomic mass is 10.1. The van der Waals surface area contributed by atoms with Crippen LogP contribution in [-0.4, -0.2) is 15.0 Å². The molecule has 0 amide bonds. The van der Waals surface area contributed by atoms with E-state index in [4.69, 9.17) is 4.42 Å². The normalized spacial score (nSPS) is 11.2. The Balaban J connectivity index is 2.14. The number of fused-ring (bicyclic) bond motifs is 1. The topological polar surface area (TPSA) is 54.7 Å². The van der Waals surface area contributed by atoms with Gasteiger partial charge >= 0.3 is 0 Å². The van der Waals surface area contributed by atoms with Crippen LogP contribution in [0, 0.1) is 6.92 Å². The van der Waals surface area contributed by atoms with Gasteiger partial charge in [-0.25, -0.2) is 9.97 Å². The number of H-pyrrole nitrogens is 1. The number of hydrogen-bond acceptors (Lipinski definition) is 3. The maximum Gasteiger partial charge on any atom is 0.225 e. The zero-order valence-corrected chi connectivity index (χ0v) is 10.5. The summed E-state index contributed by atoms with van der Waals surface area (Å²) >= 11 is 0. The van der Waals surface area contributed by atoms with Crippen LogP contribution in [0.15, 0.2) is 29.0 Å². The van der Waals surface area contributed by atoms with E-state index in [1.807, 2.05) is 6.07 Å². The third kappa shape index (κ3) is 1.79. The summed E-state index contributed by atoms with van der Waals surface area (Å²) in [6, 6.07) is 4.10. The second-order valence-electron chi connectivity index (χ2n) is 4.46. The van der Waals surface area contributed by atoms with E-state index in [-0.39, 0.29) is 0 Å². The molecule has 4 nitrogen and oxygen atoms in total. The number of nitrogens with zero attached hydrogens (tertiary/aromatic N) is 2. The molecule has 1 aromatic carbocycles. The molecule has 0 aliphatic heterocycles. The summed E-state index contributed by atoms with van der Waals surface area (Å²) in [5.41, 5.74) is 4.21. The van der Waals surface area contributed by atoms with Gasteiger partial charge in [0.1, 0.15) is 12.1 Å². The van der Waals surface area contributed by atoms with Gasteiger partial charge in [-0.05, 0) is 31.0 Å². The van der Waals surface area contributed by atoms with Crippen molar-refractivity contribution in [2.75, 3.05) is 0 Å². The van der Waals surface area contributed by atoms with Gasteiger partial charge < -0.3 is 9.40 Å². The van der Waals surface area contributed by atoms with E-state index in [0.29, 0.717) is 5.89 Å². The van der Waals surface area contributed by atoms with Crippen LogP contribution < -0.4 is 0 Å². The summed E-state index contributed by atoms with van der Waals surface area (Å²) in [4.78, 5) is 12.2. The predicted molar refractivity (Wildman–Crippen MR) is 70.3 cm³/mol. The van der Waals surface area contributed by atoms with Gasteiger partial charge in [0, 0.05) is 12.0 Å². The first-order valence-corrected chi connectivity index (χ1v) is 6.17. The molecule has 0 saturated carbocycles. The molecule has 0 atom stereocenters. The minimum atomic E-state index is 0.645. The van der Waals surface area contributed by atoms with Crippen molar-refractivity contribution in [3.8, 4) is 11.5 Å². The number of nitrogens with one attached hydrogen (secondary N) is 1. The number of aromatic amines is 1. The zero-order valence-electron chi connectivity index (χ0n) is 10.5. The van der Waals surface area contributed by atoms with Crippen LogP contribution in [-0.2, 0) is 6.42 Å². The fraction of sp³-hybridized carbons (Fsp3) is 0.286. The fourth-order valence-electron chi connectivity index (χ4n) is 2.19. The summed E-state index contributed by atoms with van der Waals surface area (Å²) in [7, 11) is 0. The Morgan fingerprint density at radius 2 is 2.22 bits per heavy atom. The van der Waals surface area contributed by atoms with Crippen LogP contribution in [0.5, 0.6) is 0 Å². The lowest BCUT2D eigenvalue weighted by Gasteiger charge is -1.99. The smallest absolute Gasteiger partial charge is 0.225 e. The molecule has 2 heterocycles. The highest BCUT2D eigenvalue weighted by atomic mass is 16.3. The Morgan fingerprint density at radius 3 is 2.94 bits per heavy atom. The number of rotatable bonds is 3. The molecule has 18 heavy (non-hydrogen) atoms. The van der Waals surface area contributed by atoms with Crippen molar-refractivity contribution in [1.82, 2.24) is 15.0 Å². The molecular formula is C14H15N3O. The Labute approximate surface area is 105 Å². The summed E-state index contributed by atoms with van der Waals surface area (Å²) in [5.74, 6) is 1.69. The average Bonchev–Trinajstić information content (AvgIpc) is 2.97. The molecule has 92 valence electrons. The molecule has 0 bridgehead atoms. The number of benzene rings is 1. The van der Waals surface area contributed by atoms with Gasteiger partial charge in [0.15, 0.2) is 0 Å². The van der Waals surface area contributed by atoms with E-state index in [0.717, 1.165) is 40.8 Å². The van der Waals surface area contributed by atoms with Crippen LogP contribution >= 0.6 is 0 Å². The van der Waals surface area contributed by atoms with Gasteiger partial charge in [-0.2, -0.15) is 0 Å². The first-order chi connectivity index (χ1) is 8.78.